The van der Waals surface area contributed by atoms with Crippen LogP contribution in [-0.4, -0.2) is 5.33 Å². The summed E-state index contributed by atoms with van der Waals surface area (Å²) in [6.45, 7) is 6.04. The predicted octanol–water partition coefficient (Wildman–Crippen LogP) is 3.70. The molecule has 0 saturated heterocycles. The van der Waals surface area contributed by atoms with Gasteiger partial charge in [0.1, 0.15) is 0 Å². The molecule has 0 fully saturated rings. The molecular formula is C6H19Br. The van der Waals surface area contributed by atoms with Crippen molar-refractivity contribution in [3.05, 3.63) is 0 Å². The highest BCUT2D eigenvalue weighted by Gasteiger charge is 1.38. The fraction of sp³-hybridized carbons (Fsp3) is 1.00. The van der Waals surface area contributed by atoms with Gasteiger partial charge >= 0.3 is 0 Å². The highest BCUT2D eigenvalue weighted by Crippen LogP contribution is 1.67. The first kappa shape index (κ1) is 25.9. The zero-order valence-corrected chi connectivity index (χ0v) is 5.67. The van der Waals surface area contributed by atoms with E-state index in [0.29, 0.717) is 0 Å². The van der Waals surface area contributed by atoms with E-state index < -0.39 is 0 Å². The topological polar surface area (TPSA) is 0 Å². The molecule has 50 valence electrons. The predicted molar refractivity (Wildman–Crippen MR) is 44.3 cm³/mol. The third-order valence-corrected chi connectivity index (χ3v) is 0. The lowest BCUT2D eigenvalue weighted by Crippen LogP contribution is -1.34. The van der Waals surface area contributed by atoms with E-state index in [-0.39, 0.29) is 14.9 Å². The monoisotopic (exact) mass is 170 g/mol. The summed E-state index contributed by atoms with van der Waals surface area (Å²) in [5.41, 5.74) is 0. The molecule has 0 bridgehead atoms. The summed E-state index contributed by atoms with van der Waals surface area (Å²) in [5, 5.41) is 1.06. The highest BCUT2D eigenvalue weighted by atomic mass is 79.9. The molecule has 0 saturated carbocycles. The molecule has 0 spiro atoms. The standard InChI is InChI=1S/C2H5Br.C2H6.2CH4/c1-2-3;1-2;;/h2H2,1H3;1-2H3;2*1H4. The molecular weight excluding hydrogens is 152 g/mol. The normalized spacial score (nSPS) is 3.43. The molecule has 0 aromatic rings. The van der Waals surface area contributed by atoms with Crippen molar-refractivity contribution in [2.45, 2.75) is 35.6 Å². The lowest BCUT2D eigenvalue weighted by Gasteiger charge is -1.45. The van der Waals surface area contributed by atoms with Gasteiger partial charge in [-0.2, -0.15) is 0 Å². The molecule has 0 aliphatic carbocycles. The molecule has 0 radical (unpaired) electrons. The molecule has 0 nitrogen and oxygen atoms in total. The number of rotatable bonds is 0. The molecule has 0 aromatic heterocycles. The minimum Gasteiger partial charge on any atom is -0.0931 e. The van der Waals surface area contributed by atoms with Crippen molar-refractivity contribution in [2.75, 3.05) is 5.33 Å². The Balaban J connectivity index is -0.0000000105. The maximum atomic E-state index is 3.15. The molecule has 0 rings (SSSR count). The average molecular weight is 171 g/mol. The summed E-state index contributed by atoms with van der Waals surface area (Å²) in [4.78, 5) is 0. The SMILES string of the molecule is C.C.CC.CCBr. The van der Waals surface area contributed by atoms with Gasteiger partial charge in [-0.15, -0.1) is 0 Å². The minimum absolute atomic E-state index is 0. The fourth-order valence-corrected chi connectivity index (χ4v) is 0. The third-order valence-electron chi connectivity index (χ3n) is 0. The Morgan fingerprint density at radius 3 is 1.14 bits per heavy atom. The summed E-state index contributed by atoms with van der Waals surface area (Å²) >= 11 is 3.15. The minimum atomic E-state index is 0. The second-order valence-corrected chi connectivity index (χ2v) is 1.39. The molecule has 0 N–H and O–H groups in total. The maximum Gasteiger partial charge on any atom is 0.000281 e. The number of hydrogen-bond donors (Lipinski definition) is 0. The van der Waals surface area contributed by atoms with Crippen LogP contribution in [0.15, 0.2) is 0 Å². The van der Waals surface area contributed by atoms with Crippen LogP contribution in [0.2, 0.25) is 0 Å². The first-order chi connectivity index (χ1) is 2.41. The summed E-state index contributed by atoms with van der Waals surface area (Å²) < 4.78 is 0. The van der Waals surface area contributed by atoms with E-state index in [1.165, 1.54) is 0 Å². The summed E-state index contributed by atoms with van der Waals surface area (Å²) in [7, 11) is 0. The van der Waals surface area contributed by atoms with Gasteiger partial charge in [-0.25, -0.2) is 0 Å². The zero-order chi connectivity index (χ0) is 4.71. The van der Waals surface area contributed by atoms with Gasteiger partial charge in [-0.3, -0.25) is 0 Å². The smallest absolute Gasteiger partial charge is 0.000281 e. The fourth-order valence-electron chi connectivity index (χ4n) is 0. The molecule has 0 aliphatic heterocycles. The van der Waals surface area contributed by atoms with E-state index in [2.05, 4.69) is 15.9 Å². The molecule has 0 aromatic carbocycles. The molecule has 1 heteroatoms. The summed E-state index contributed by atoms with van der Waals surface area (Å²) in [6.07, 6.45) is 0. The van der Waals surface area contributed by atoms with Crippen LogP contribution in [0.3, 0.4) is 0 Å². The Morgan fingerprint density at radius 1 is 1.14 bits per heavy atom. The zero-order valence-electron chi connectivity index (χ0n) is 4.09. The van der Waals surface area contributed by atoms with Crippen LogP contribution in [0.25, 0.3) is 0 Å². The van der Waals surface area contributed by atoms with Crippen LogP contribution in [0, 0.1) is 0 Å². The number of halogens is 1. The third kappa shape index (κ3) is 564. The molecule has 0 amide bonds. The van der Waals surface area contributed by atoms with Crippen molar-refractivity contribution >= 4 is 15.9 Å². The molecule has 0 atom stereocenters. The van der Waals surface area contributed by atoms with Crippen molar-refractivity contribution in [3.63, 3.8) is 0 Å². The van der Waals surface area contributed by atoms with E-state index in [0.717, 1.165) is 5.33 Å². The Hall–Kier alpha value is 0.480. The largest absolute Gasteiger partial charge is 0.0931 e. The lowest BCUT2D eigenvalue weighted by molar-refractivity contribution is 1.50. The summed E-state index contributed by atoms with van der Waals surface area (Å²) in [5.74, 6) is 0. The van der Waals surface area contributed by atoms with E-state index in [4.69, 9.17) is 0 Å². The van der Waals surface area contributed by atoms with Gasteiger partial charge in [-0.1, -0.05) is 51.6 Å². The quantitative estimate of drug-likeness (QED) is 0.487. The van der Waals surface area contributed by atoms with Crippen LogP contribution >= 0.6 is 15.9 Å². The molecule has 0 aliphatic rings. The first-order valence-electron chi connectivity index (χ1n) is 1.97. The van der Waals surface area contributed by atoms with Crippen LogP contribution in [0.5, 0.6) is 0 Å². The first-order valence-corrected chi connectivity index (χ1v) is 3.10. The van der Waals surface area contributed by atoms with E-state index in [9.17, 15) is 0 Å². The Labute approximate surface area is 57.4 Å². The van der Waals surface area contributed by atoms with Gasteiger partial charge in [0.2, 0.25) is 0 Å². The summed E-state index contributed by atoms with van der Waals surface area (Å²) in [6, 6.07) is 0. The lowest BCUT2D eigenvalue weighted by atomic mass is 11.0. The Bertz CT molecular complexity index is 4.14. The average Bonchev–Trinajstić information content (AvgIpc) is 1.46. The van der Waals surface area contributed by atoms with E-state index in [1.54, 1.807) is 0 Å². The second kappa shape index (κ2) is 88.8. The number of alkyl halides is 1. The van der Waals surface area contributed by atoms with Crippen LogP contribution in [-0.2, 0) is 0 Å². The Morgan fingerprint density at radius 2 is 1.14 bits per heavy atom. The van der Waals surface area contributed by atoms with Gasteiger partial charge in [0, 0.05) is 5.33 Å². The van der Waals surface area contributed by atoms with Crippen molar-refractivity contribution in [1.82, 2.24) is 0 Å². The molecule has 0 unspecified atom stereocenters. The maximum absolute atomic E-state index is 3.15. The molecule has 0 heterocycles. The van der Waals surface area contributed by atoms with Crippen molar-refractivity contribution in [2.24, 2.45) is 0 Å². The van der Waals surface area contributed by atoms with E-state index >= 15 is 0 Å². The van der Waals surface area contributed by atoms with Crippen LogP contribution < -0.4 is 0 Å². The second-order valence-electron chi connectivity index (χ2n) is 0.267. The van der Waals surface area contributed by atoms with Crippen molar-refractivity contribution in [3.8, 4) is 0 Å². The van der Waals surface area contributed by atoms with Gasteiger partial charge in [-0.05, 0) is 0 Å². The van der Waals surface area contributed by atoms with Gasteiger partial charge in [0.25, 0.3) is 0 Å². The Kier molecular flexibility index (Phi) is 329. The van der Waals surface area contributed by atoms with Gasteiger partial charge < -0.3 is 0 Å². The van der Waals surface area contributed by atoms with Crippen molar-refractivity contribution in [1.29, 1.82) is 0 Å². The van der Waals surface area contributed by atoms with Crippen molar-refractivity contribution < 1.29 is 0 Å². The van der Waals surface area contributed by atoms with Gasteiger partial charge in [0.15, 0.2) is 0 Å². The van der Waals surface area contributed by atoms with Crippen LogP contribution in [0.4, 0.5) is 0 Å². The van der Waals surface area contributed by atoms with Gasteiger partial charge in [0.05, 0.1) is 0 Å². The highest BCUT2D eigenvalue weighted by molar-refractivity contribution is 9.09. The van der Waals surface area contributed by atoms with Crippen LogP contribution in [0.1, 0.15) is 35.6 Å². The number of hydrogen-bond acceptors (Lipinski definition) is 0. The molecule has 7 heavy (non-hydrogen) atoms. The van der Waals surface area contributed by atoms with E-state index in [1.807, 2.05) is 20.8 Å².